The zero-order valence-electron chi connectivity index (χ0n) is 36.0. The van der Waals surface area contributed by atoms with Gasteiger partial charge in [0, 0.05) is 42.9 Å². The standard InChI is InChI=1S/C15H22O6.C15H22O4.C14H20O6/c1-8-4-5-11-9(2)12(19-16)17-13-15(11)10(8)6-7-14(3,18-13)20-21-15;1-9-4-5-11-10(2)8-16-13-15(11)12(9)6-7-14(3,17-13)18-19-15;1-9-3-4-10(7-15)14-11(9)5-6-13(2,19-20-14)18-12(14)17-8-16/h8,10-13,16H,2,4-7H2,1,3H3;8-9,11-13H,4-7H2,1-3H3;7-12H,3-6H2,1-2H3/t8?,10?,11?,12-,13?,14+,15?;9?,11?,12?,13?,14-,15?;9?,10?,11?,12?,13-,14?/m100/s1. The fraction of sp³-hybridized carbons (Fsp3) is 0.864. The normalized spacial score (nSPS) is 54.2. The Morgan fingerprint density at radius 3 is 1.73 bits per heavy atom. The van der Waals surface area contributed by atoms with Crippen molar-refractivity contribution in [2.45, 2.75) is 185 Å². The van der Waals surface area contributed by atoms with E-state index in [1.54, 1.807) is 6.92 Å². The summed E-state index contributed by atoms with van der Waals surface area (Å²) in [7, 11) is 0. The molecule has 19 atom stereocenters. The van der Waals surface area contributed by atoms with E-state index in [0.717, 1.165) is 64.1 Å². The monoisotopic (exact) mass is 848 g/mol. The summed E-state index contributed by atoms with van der Waals surface area (Å²) < 4.78 is 34.8. The largest absolute Gasteiger partial charge is 0.469 e. The quantitative estimate of drug-likeness (QED) is 0.129. The molecule has 14 rings (SSSR count). The van der Waals surface area contributed by atoms with Gasteiger partial charge < -0.3 is 33.2 Å². The van der Waals surface area contributed by atoms with Gasteiger partial charge in [0.1, 0.15) is 6.29 Å². The molecule has 10 saturated heterocycles. The molecule has 13 fully saturated rings. The number of ether oxygens (including phenoxy) is 6. The molecule has 60 heavy (non-hydrogen) atoms. The summed E-state index contributed by atoms with van der Waals surface area (Å²) in [4.78, 5) is 61.1. The molecule has 14 aliphatic rings. The zero-order chi connectivity index (χ0) is 42.5. The second-order valence-corrected chi connectivity index (χ2v) is 20.1. The summed E-state index contributed by atoms with van der Waals surface area (Å²) >= 11 is 0. The first-order valence-corrected chi connectivity index (χ1v) is 22.3. The van der Waals surface area contributed by atoms with Crippen LogP contribution in [0.1, 0.15) is 126 Å². The van der Waals surface area contributed by atoms with Crippen LogP contribution in [0.15, 0.2) is 24.0 Å². The Balaban J connectivity index is 0.000000116. The molecule has 16 nitrogen and oxygen atoms in total. The van der Waals surface area contributed by atoms with Crippen LogP contribution in [0.5, 0.6) is 0 Å². The maximum Gasteiger partial charge on any atom is 0.295 e. The number of aldehydes is 1. The summed E-state index contributed by atoms with van der Waals surface area (Å²) in [6.45, 7) is 18.8. The Labute approximate surface area is 351 Å². The van der Waals surface area contributed by atoms with Gasteiger partial charge in [0.15, 0.2) is 23.1 Å². The van der Waals surface area contributed by atoms with Gasteiger partial charge in [0.25, 0.3) is 6.47 Å². The number of carbonyl (C=O) groups is 2. The summed E-state index contributed by atoms with van der Waals surface area (Å²) in [5, 5.41) is 9.09. The highest BCUT2D eigenvalue weighted by molar-refractivity contribution is 5.57. The van der Waals surface area contributed by atoms with Gasteiger partial charge in [-0.15, -0.1) is 0 Å². The smallest absolute Gasteiger partial charge is 0.295 e. The molecule has 6 bridgehead atoms. The lowest BCUT2D eigenvalue weighted by Gasteiger charge is -2.58. The van der Waals surface area contributed by atoms with Gasteiger partial charge in [0.05, 0.1) is 12.2 Å². The van der Waals surface area contributed by atoms with Crippen LogP contribution in [0.3, 0.4) is 0 Å². The summed E-state index contributed by atoms with van der Waals surface area (Å²) in [6.07, 6.45) is 11.2. The molecular formula is C44H64O16. The molecule has 0 radical (unpaired) electrons. The van der Waals surface area contributed by atoms with E-state index in [-0.39, 0.29) is 24.0 Å². The molecular weight excluding hydrogens is 784 g/mol. The fourth-order valence-corrected chi connectivity index (χ4v) is 13.2. The maximum atomic E-state index is 11.5. The molecule has 16 heteroatoms. The highest BCUT2D eigenvalue weighted by Gasteiger charge is 2.70. The third-order valence-corrected chi connectivity index (χ3v) is 16.6. The second-order valence-electron chi connectivity index (χ2n) is 20.1. The van der Waals surface area contributed by atoms with E-state index in [0.29, 0.717) is 54.5 Å². The molecule has 11 heterocycles. The van der Waals surface area contributed by atoms with Crippen molar-refractivity contribution >= 4 is 12.8 Å². The average molecular weight is 849 g/mol. The van der Waals surface area contributed by atoms with Crippen LogP contribution in [0.4, 0.5) is 0 Å². The van der Waals surface area contributed by atoms with E-state index in [1.165, 1.54) is 12.0 Å². The number of hydrogen-bond donors (Lipinski definition) is 1. The third kappa shape index (κ3) is 6.52. The van der Waals surface area contributed by atoms with Crippen molar-refractivity contribution in [1.29, 1.82) is 0 Å². The zero-order valence-corrected chi connectivity index (χ0v) is 36.0. The molecule has 3 saturated carbocycles. The molecule has 3 spiro atoms. The molecule has 11 aliphatic heterocycles. The Morgan fingerprint density at radius 1 is 0.667 bits per heavy atom. The van der Waals surface area contributed by atoms with Gasteiger partial charge in [-0.2, -0.15) is 0 Å². The SMILES string of the molecule is C=C1C2CCC(C)C3CC[C@]4(C)OOC23C(O[C@@H]1OO)O4.CC1=COC2O[C@]3(C)CCC4C(C)CCC1C24OO3.CC1CCC(C=O)C23OO[C@@](C)(CCC12)OC3OC=O. The van der Waals surface area contributed by atoms with Crippen molar-refractivity contribution in [2.75, 3.05) is 0 Å². The van der Waals surface area contributed by atoms with Crippen molar-refractivity contribution in [3.63, 3.8) is 0 Å². The predicted octanol–water partition coefficient (Wildman–Crippen LogP) is 7.31. The highest BCUT2D eigenvalue weighted by atomic mass is 17.3. The summed E-state index contributed by atoms with van der Waals surface area (Å²) in [5.41, 5.74) is -0.183. The molecule has 15 unspecified atom stereocenters. The van der Waals surface area contributed by atoms with Gasteiger partial charge in [-0.05, 0) is 120 Å². The van der Waals surface area contributed by atoms with E-state index in [2.05, 4.69) is 39.2 Å². The highest BCUT2D eigenvalue weighted by Crippen LogP contribution is 2.62. The van der Waals surface area contributed by atoms with Crippen LogP contribution in [0.2, 0.25) is 0 Å². The minimum absolute atomic E-state index is 0.00255. The third-order valence-electron chi connectivity index (χ3n) is 16.6. The minimum Gasteiger partial charge on any atom is -0.469 e. The van der Waals surface area contributed by atoms with E-state index in [1.807, 2.05) is 20.1 Å². The fourth-order valence-electron chi connectivity index (χ4n) is 13.2. The van der Waals surface area contributed by atoms with Gasteiger partial charge in [-0.3, -0.25) is 4.79 Å². The first-order valence-electron chi connectivity index (χ1n) is 22.3. The Hall–Kier alpha value is -2.06. The summed E-state index contributed by atoms with van der Waals surface area (Å²) in [5.74, 6) is -0.150. The van der Waals surface area contributed by atoms with Crippen molar-refractivity contribution in [2.24, 2.45) is 53.3 Å². The molecule has 3 aliphatic carbocycles. The van der Waals surface area contributed by atoms with Gasteiger partial charge in [-0.1, -0.05) is 27.4 Å². The number of hydrogen-bond acceptors (Lipinski definition) is 16. The number of rotatable bonds is 4. The van der Waals surface area contributed by atoms with E-state index >= 15 is 0 Å². The number of fused-ring (bicyclic) bond motifs is 7. The lowest BCUT2D eigenvalue weighted by molar-refractivity contribution is -0.573. The lowest BCUT2D eigenvalue weighted by Crippen LogP contribution is -2.69. The van der Waals surface area contributed by atoms with Gasteiger partial charge in [-0.25, -0.2) is 39.5 Å². The minimum atomic E-state index is -1.02. The van der Waals surface area contributed by atoms with Crippen molar-refractivity contribution in [3.05, 3.63) is 24.0 Å². The van der Waals surface area contributed by atoms with E-state index < -0.39 is 59.0 Å². The molecule has 336 valence electrons. The first-order chi connectivity index (χ1) is 28.6. The van der Waals surface area contributed by atoms with Crippen LogP contribution in [0, 0.1) is 53.3 Å². The Bertz CT molecular complexity index is 1690. The van der Waals surface area contributed by atoms with Crippen molar-refractivity contribution < 1.29 is 77.5 Å². The number of carbonyl (C=O) groups excluding carboxylic acids is 2. The van der Waals surface area contributed by atoms with E-state index in [4.69, 9.17) is 63.0 Å². The van der Waals surface area contributed by atoms with Gasteiger partial charge in [0.2, 0.25) is 36.2 Å². The lowest BCUT2D eigenvalue weighted by atomic mass is 9.59. The van der Waals surface area contributed by atoms with Crippen molar-refractivity contribution in [1.82, 2.24) is 0 Å². The molecule has 0 aromatic carbocycles. The summed E-state index contributed by atoms with van der Waals surface area (Å²) in [6, 6.07) is 0. The second kappa shape index (κ2) is 15.6. The van der Waals surface area contributed by atoms with Crippen LogP contribution in [-0.4, -0.2) is 77.3 Å². The maximum absolute atomic E-state index is 11.5. The van der Waals surface area contributed by atoms with Crippen LogP contribution in [-0.2, 0) is 72.2 Å². The average Bonchev–Trinajstić information content (AvgIpc) is 3.71. The van der Waals surface area contributed by atoms with E-state index in [9.17, 15) is 9.59 Å². The molecule has 1 N–H and O–H groups in total. The molecule has 0 aromatic rings. The predicted molar refractivity (Wildman–Crippen MR) is 204 cm³/mol. The molecule has 0 amide bonds. The van der Waals surface area contributed by atoms with Crippen LogP contribution >= 0.6 is 0 Å². The Kier molecular flexibility index (Phi) is 11.2. The van der Waals surface area contributed by atoms with Crippen LogP contribution < -0.4 is 0 Å². The van der Waals surface area contributed by atoms with Crippen molar-refractivity contribution in [3.8, 4) is 0 Å². The topological polar surface area (TPSA) is 174 Å². The first kappa shape index (κ1) is 43.2. The Morgan fingerprint density at radius 2 is 1.17 bits per heavy atom. The van der Waals surface area contributed by atoms with Crippen LogP contribution in [0.25, 0.3) is 0 Å². The molecule has 0 aromatic heterocycles. The van der Waals surface area contributed by atoms with Gasteiger partial charge >= 0.3 is 0 Å².